The van der Waals surface area contributed by atoms with E-state index in [1.54, 1.807) is 0 Å². The molecule has 0 radical (unpaired) electrons. The van der Waals surface area contributed by atoms with Crippen molar-refractivity contribution in [3.05, 3.63) is 76.6 Å². The maximum Gasteiger partial charge on any atom is -0.0170 e. The highest BCUT2D eigenvalue weighted by Gasteiger charge is 1.83. The molecule has 88 valence electrons. The first kappa shape index (κ1) is 13.3. The highest BCUT2D eigenvalue weighted by atomic mass is 13.9. The first-order chi connectivity index (χ1) is 8.08. The van der Waals surface area contributed by atoms with E-state index in [4.69, 9.17) is 0 Å². The van der Waals surface area contributed by atoms with Gasteiger partial charge in [0.15, 0.2) is 0 Å². The fourth-order valence-corrected chi connectivity index (χ4v) is 1.30. The predicted octanol–water partition coefficient (Wildman–Crippen LogP) is 4.91. The monoisotopic (exact) mass is 224 g/mol. The summed E-state index contributed by atoms with van der Waals surface area (Å²) in [5.41, 5.74) is 8.22. The van der Waals surface area contributed by atoms with Gasteiger partial charge in [-0.15, -0.1) is 5.73 Å². The van der Waals surface area contributed by atoms with Crippen molar-refractivity contribution in [2.24, 2.45) is 0 Å². The lowest BCUT2D eigenvalue weighted by Gasteiger charge is -1.90. The van der Waals surface area contributed by atoms with Gasteiger partial charge in [-0.2, -0.15) is 0 Å². The van der Waals surface area contributed by atoms with Crippen molar-refractivity contribution in [1.29, 1.82) is 0 Å². The van der Waals surface area contributed by atoms with E-state index in [1.807, 2.05) is 12.2 Å². The maximum absolute atomic E-state index is 3.06. The van der Waals surface area contributed by atoms with Crippen LogP contribution in [0.1, 0.15) is 25.0 Å². The second kappa shape index (κ2) is 6.73. The number of allylic oxidation sites excluding steroid dienone is 5. The van der Waals surface area contributed by atoms with Gasteiger partial charge in [0.1, 0.15) is 0 Å². The number of hydrogen-bond donors (Lipinski definition) is 0. The molecule has 0 heteroatoms. The molecule has 17 heavy (non-hydrogen) atoms. The van der Waals surface area contributed by atoms with Crippen LogP contribution in [-0.2, 0) is 0 Å². The van der Waals surface area contributed by atoms with E-state index >= 15 is 0 Å². The zero-order valence-corrected chi connectivity index (χ0v) is 11.1. The van der Waals surface area contributed by atoms with Crippen molar-refractivity contribution in [3.8, 4) is 0 Å². The number of aryl methyl sites for hydroxylation is 2. The summed E-state index contributed by atoms with van der Waals surface area (Å²) in [5.74, 6) is 0. The summed E-state index contributed by atoms with van der Waals surface area (Å²) in [6.07, 6.45) is 8.14. The Bertz CT molecular complexity index is 432. The lowest BCUT2D eigenvalue weighted by molar-refractivity contribution is 1.40. The van der Waals surface area contributed by atoms with Gasteiger partial charge in [0.2, 0.25) is 0 Å². The van der Waals surface area contributed by atoms with Crippen LogP contribution in [0.25, 0.3) is 0 Å². The largest absolute Gasteiger partial charge is 0.120 e. The summed E-state index contributed by atoms with van der Waals surface area (Å²) in [5, 5.41) is 0. The Kier molecular flexibility index (Phi) is 5.26. The van der Waals surface area contributed by atoms with E-state index < -0.39 is 0 Å². The zero-order chi connectivity index (χ0) is 12.7. The molecule has 0 N–H and O–H groups in total. The van der Waals surface area contributed by atoms with Crippen LogP contribution < -0.4 is 0 Å². The Balaban J connectivity index is 0.000000171. The summed E-state index contributed by atoms with van der Waals surface area (Å²) in [4.78, 5) is 0. The first-order valence-corrected chi connectivity index (χ1v) is 5.89. The molecule has 0 spiro atoms. The van der Waals surface area contributed by atoms with Crippen molar-refractivity contribution < 1.29 is 0 Å². The summed E-state index contributed by atoms with van der Waals surface area (Å²) in [6.45, 7) is 8.32. The Morgan fingerprint density at radius 1 is 0.647 bits per heavy atom. The number of hydrogen-bond acceptors (Lipinski definition) is 0. The van der Waals surface area contributed by atoms with Crippen LogP contribution >= 0.6 is 0 Å². The summed E-state index contributed by atoms with van der Waals surface area (Å²) in [7, 11) is 0. The Hall–Kier alpha value is -1.78. The Labute approximate surface area is 105 Å². The Morgan fingerprint density at radius 2 is 1.00 bits per heavy atom. The molecule has 0 nitrogen and oxygen atoms in total. The Morgan fingerprint density at radius 3 is 1.35 bits per heavy atom. The molecule has 0 saturated carbocycles. The summed E-state index contributed by atoms with van der Waals surface area (Å²) in [6, 6.07) is 8.48. The third-order valence-corrected chi connectivity index (χ3v) is 2.45. The van der Waals surface area contributed by atoms with E-state index in [0.29, 0.717) is 0 Å². The van der Waals surface area contributed by atoms with Crippen LogP contribution in [0.3, 0.4) is 0 Å². The van der Waals surface area contributed by atoms with E-state index in [1.165, 1.54) is 22.3 Å². The minimum Gasteiger partial charge on any atom is -0.120 e. The van der Waals surface area contributed by atoms with Gasteiger partial charge in [-0.3, -0.25) is 0 Å². The molecule has 0 saturated heterocycles. The standard InChI is InChI=1S/C9H10.C8H10/c1-8-4-3-5-9(2)7-6-8;1-7-3-5-8(2)6-4-7/h4-7H,1-2H3;3-6H,1-2H3. The van der Waals surface area contributed by atoms with Crippen LogP contribution in [-0.4, -0.2) is 0 Å². The minimum absolute atomic E-state index is 1.25. The van der Waals surface area contributed by atoms with Gasteiger partial charge in [-0.25, -0.2) is 0 Å². The topological polar surface area (TPSA) is 0 Å². The average Bonchev–Trinajstić information content (AvgIpc) is 2.49. The summed E-state index contributed by atoms with van der Waals surface area (Å²) >= 11 is 0. The average molecular weight is 224 g/mol. The molecule has 0 aliphatic heterocycles. The van der Waals surface area contributed by atoms with Crippen molar-refractivity contribution in [2.75, 3.05) is 0 Å². The van der Waals surface area contributed by atoms with Gasteiger partial charge in [-0.1, -0.05) is 47.5 Å². The van der Waals surface area contributed by atoms with E-state index in [2.05, 4.69) is 69.8 Å². The minimum atomic E-state index is 1.25. The molecule has 0 heterocycles. The molecule has 1 aliphatic rings. The van der Waals surface area contributed by atoms with Gasteiger partial charge >= 0.3 is 0 Å². The van der Waals surface area contributed by atoms with E-state index in [0.717, 1.165) is 0 Å². The highest BCUT2D eigenvalue weighted by molar-refractivity contribution is 5.31. The van der Waals surface area contributed by atoms with Gasteiger partial charge in [-0.05, 0) is 51.0 Å². The fourth-order valence-electron chi connectivity index (χ4n) is 1.30. The fraction of sp³-hybridized carbons (Fsp3) is 0.235. The molecule has 0 fully saturated rings. The first-order valence-electron chi connectivity index (χ1n) is 5.89. The molecule has 0 aromatic heterocycles. The van der Waals surface area contributed by atoms with Gasteiger partial charge in [0.25, 0.3) is 0 Å². The van der Waals surface area contributed by atoms with Crippen molar-refractivity contribution in [3.63, 3.8) is 0 Å². The molecule has 2 rings (SSSR count). The normalized spacial score (nSPS) is 13.2. The van der Waals surface area contributed by atoms with Crippen LogP contribution in [0, 0.1) is 13.8 Å². The van der Waals surface area contributed by atoms with Crippen LogP contribution in [0.5, 0.6) is 0 Å². The second-order valence-electron chi connectivity index (χ2n) is 4.43. The van der Waals surface area contributed by atoms with Gasteiger partial charge in [0, 0.05) is 0 Å². The molecule has 1 aliphatic carbocycles. The third kappa shape index (κ3) is 5.75. The van der Waals surface area contributed by atoms with Crippen LogP contribution in [0.4, 0.5) is 0 Å². The lowest BCUT2D eigenvalue weighted by Crippen LogP contribution is -1.70. The quantitative estimate of drug-likeness (QED) is 0.549. The molecule has 1 aromatic carbocycles. The predicted molar refractivity (Wildman–Crippen MR) is 76.1 cm³/mol. The van der Waals surface area contributed by atoms with E-state index in [9.17, 15) is 0 Å². The smallest absolute Gasteiger partial charge is 0.0170 e. The van der Waals surface area contributed by atoms with Crippen molar-refractivity contribution in [1.82, 2.24) is 0 Å². The molecule has 1 aromatic rings. The van der Waals surface area contributed by atoms with E-state index in [-0.39, 0.29) is 0 Å². The molecular weight excluding hydrogens is 204 g/mol. The molecule has 0 bridgehead atoms. The number of rotatable bonds is 0. The molecule has 0 unspecified atom stereocenters. The zero-order valence-electron chi connectivity index (χ0n) is 11.1. The summed E-state index contributed by atoms with van der Waals surface area (Å²) < 4.78 is 0. The third-order valence-electron chi connectivity index (χ3n) is 2.45. The molecule has 0 atom stereocenters. The lowest BCUT2D eigenvalue weighted by atomic mass is 10.2. The SMILES string of the molecule is CC1=CC=C(C)C=C=C1.Cc1ccc(C)cc1. The highest BCUT2D eigenvalue weighted by Crippen LogP contribution is 2.03. The number of benzene rings is 1. The molecular formula is C17H20. The van der Waals surface area contributed by atoms with Crippen LogP contribution in [0.15, 0.2) is 65.4 Å². The second-order valence-corrected chi connectivity index (χ2v) is 4.43. The molecule has 0 amide bonds. The van der Waals surface area contributed by atoms with Crippen molar-refractivity contribution in [2.45, 2.75) is 27.7 Å². The maximum atomic E-state index is 3.06. The van der Waals surface area contributed by atoms with Crippen LogP contribution in [0.2, 0.25) is 0 Å². The van der Waals surface area contributed by atoms with Gasteiger partial charge in [0.05, 0.1) is 0 Å². The van der Waals surface area contributed by atoms with Crippen molar-refractivity contribution >= 4 is 0 Å². The van der Waals surface area contributed by atoms with Gasteiger partial charge < -0.3 is 0 Å².